The van der Waals surface area contributed by atoms with Crippen molar-refractivity contribution in [3.8, 4) is 0 Å². The van der Waals surface area contributed by atoms with Gasteiger partial charge in [0.25, 0.3) is 0 Å². The van der Waals surface area contributed by atoms with Gasteiger partial charge >= 0.3 is 0 Å². The van der Waals surface area contributed by atoms with Gasteiger partial charge in [-0.2, -0.15) is 0 Å². The number of aryl methyl sites for hydroxylation is 1. The minimum atomic E-state index is -3.13. The minimum Gasteiger partial charge on any atom is -0.249 e. The van der Waals surface area contributed by atoms with Crippen molar-refractivity contribution < 1.29 is 8.42 Å². The average molecular weight is 351 g/mol. The predicted octanol–water partition coefficient (Wildman–Crippen LogP) is 3.29. The number of hydrogen-bond acceptors (Lipinski definition) is 4. The van der Waals surface area contributed by atoms with E-state index in [-0.39, 0.29) is 5.75 Å². The topological polar surface area (TPSA) is 50.3 Å². The van der Waals surface area contributed by atoms with Crippen LogP contribution in [0.15, 0.2) is 41.9 Å². The molecular formula is C17H22N2O2S2. The van der Waals surface area contributed by atoms with Crippen molar-refractivity contribution >= 4 is 21.4 Å². The molecule has 1 aliphatic rings. The van der Waals surface area contributed by atoms with Crippen molar-refractivity contribution in [2.45, 2.75) is 31.6 Å². The second kappa shape index (κ2) is 7.55. The summed E-state index contributed by atoms with van der Waals surface area (Å²) in [7, 11) is -3.13. The molecule has 0 N–H and O–H groups in total. The number of thiazole rings is 1. The predicted molar refractivity (Wildman–Crippen MR) is 94.2 cm³/mol. The lowest BCUT2D eigenvalue weighted by atomic mass is 9.99. The Morgan fingerprint density at radius 3 is 2.57 bits per heavy atom. The summed E-state index contributed by atoms with van der Waals surface area (Å²) in [6.45, 7) is 1.25. The first-order valence-electron chi connectivity index (χ1n) is 8.06. The first-order chi connectivity index (χ1) is 11.1. The van der Waals surface area contributed by atoms with Gasteiger partial charge in [0.05, 0.1) is 10.8 Å². The van der Waals surface area contributed by atoms with Gasteiger partial charge in [-0.1, -0.05) is 30.3 Å². The van der Waals surface area contributed by atoms with Crippen molar-refractivity contribution in [3.63, 3.8) is 0 Å². The molecular weight excluding hydrogens is 328 g/mol. The van der Waals surface area contributed by atoms with Crippen LogP contribution in [0.5, 0.6) is 0 Å². The van der Waals surface area contributed by atoms with Crippen molar-refractivity contribution in [2.75, 3.05) is 18.8 Å². The number of aromatic nitrogens is 1. The minimum absolute atomic E-state index is 0.240. The zero-order chi connectivity index (χ0) is 16.1. The molecule has 0 radical (unpaired) electrons. The van der Waals surface area contributed by atoms with Gasteiger partial charge in [-0.25, -0.2) is 17.7 Å². The fourth-order valence-electron chi connectivity index (χ4n) is 3.05. The molecule has 2 aromatic rings. The van der Waals surface area contributed by atoms with Crippen LogP contribution in [-0.2, 0) is 16.4 Å². The molecule has 0 bridgehead atoms. The molecule has 0 spiro atoms. The highest BCUT2D eigenvalue weighted by molar-refractivity contribution is 7.89. The first-order valence-corrected chi connectivity index (χ1v) is 10.6. The Hall–Kier alpha value is -1.24. The lowest BCUT2D eigenvalue weighted by molar-refractivity contribution is 0.319. The molecule has 6 heteroatoms. The third kappa shape index (κ3) is 4.40. The Morgan fingerprint density at radius 2 is 1.91 bits per heavy atom. The van der Waals surface area contributed by atoms with Crippen LogP contribution >= 0.6 is 11.3 Å². The van der Waals surface area contributed by atoms with E-state index in [4.69, 9.17) is 0 Å². The van der Waals surface area contributed by atoms with Crippen molar-refractivity contribution in [1.29, 1.82) is 0 Å². The van der Waals surface area contributed by atoms with E-state index in [0.29, 0.717) is 25.4 Å². The summed E-state index contributed by atoms with van der Waals surface area (Å²) in [5.41, 5.74) is 1.20. The molecule has 4 nitrogen and oxygen atoms in total. The summed E-state index contributed by atoms with van der Waals surface area (Å²) >= 11 is 1.67. The quantitative estimate of drug-likeness (QED) is 0.803. The molecule has 2 heterocycles. The number of hydrogen-bond donors (Lipinski definition) is 0. The average Bonchev–Trinajstić information content (AvgIpc) is 3.10. The summed E-state index contributed by atoms with van der Waals surface area (Å²) in [4.78, 5) is 4.36. The van der Waals surface area contributed by atoms with Gasteiger partial charge < -0.3 is 0 Å². The summed E-state index contributed by atoms with van der Waals surface area (Å²) in [5.74, 6) is 0.662. The fraction of sp³-hybridized carbons (Fsp3) is 0.471. The molecule has 1 saturated heterocycles. The molecule has 1 fully saturated rings. The van der Waals surface area contributed by atoms with Gasteiger partial charge in [0.2, 0.25) is 10.0 Å². The molecule has 1 aromatic carbocycles. The first kappa shape index (κ1) is 16.6. The van der Waals surface area contributed by atoms with Crippen LogP contribution in [0.3, 0.4) is 0 Å². The SMILES string of the molecule is O=S(=O)(CCCc1ccccc1)N1CCC(c2nccs2)CC1. The Morgan fingerprint density at radius 1 is 1.17 bits per heavy atom. The zero-order valence-corrected chi connectivity index (χ0v) is 14.7. The molecule has 1 aliphatic heterocycles. The van der Waals surface area contributed by atoms with E-state index in [2.05, 4.69) is 4.98 Å². The van der Waals surface area contributed by atoms with E-state index in [9.17, 15) is 8.42 Å². The normalized spacial score (nSPS) is 17.4. The van der Waals surface area contributed by atoms with Crippen LogP contribution < -0.4 is 0 Å². The van der Waals surface area contributed by atoms with E-state index in [1.54, 1.807) is 15.6 Å². The highest BCUT2D eigenvalue weighted by atomic mass is 32.2. The highest BCUT2D eigenvalue weighted by Gasteiger charge is 2.29. The molecule has 0 unspecified atom stereocenters. The Kier molecular flexibility index (Phi) is 5.46. The van der Waals surface area contributed by atoms with Crippen molar-refractivity contribution in [2.24, 2.45) is 0 Å². The number of nitrogens with zero attached hydrogens (tertiary/aromatic N) is 2. The lowest BCUT2D eigenvalue weighted by Gasteiger charge is -2.30. The zero-order valence-electron chi connectivity index (χ0n) is 13.1. The maximum atomic E-state index is 12.5. The largest absolute Gasteiger partial charge is 0.249 e. The van der Waals surface area contributed by atoms with Crippen LogP contribution in [0.2, 0.25) is 0 Å². The third-order valence-electron chi connectivity index (χ3n) is 4.36. The van der Waals surface area contributed by atoms with Crippen LogP contribution in [-0.4, -0.2) is 36.5 Å². The van der Waals surface area contributed by atoms with Gasteiger partial charge in [0.15, 0.2) is 0 Å². The Balaban J connectivity index is 1.48. The number of sulfonamides is 1. The summed E-state index contributed by atoms with van der Waals surface area (Å²) in [6.07, 6.45) is 5.08. The van der Waals surface area contributed by atoms with Gasteiger partial charge in [0.1, 0.15) is 0 Å². The van der Waals surface area contributed by atoms with E-state index in [1.807, 2.05) is 41.9 Å². The smallest absolute Gasteiger partial charge is 0.214 e. The highest BCUT2D eigenvalue weighted by Crippen LogP contribution is 2.30. The monoisotopic (exact) mass is 350 g/mol. The van der Waals surface area contributed by atoms with Gasteiger partial charge in [-0.05, 0) is 31.2 Å². The molecule has 0 amide bonds. The molecule has 3 rings (SSSR count). The molecule has 0 atom stereocenters. The van der Waals surface area contributed by atoms with Gasteiger partial charge in [-0.3, -0.25) is 0 Å². The maximum Gasteiger partial charge on any atom is 0.214 e. The molecule has 23 heavy (non-hydrogen) atoms. The molecule has 1 aromatic heterocycles. The van der Waals surface area contributed by atoms with Crippen LogP contribution in [0.1, 0.15) is 35.8 Å². The summed E-state index contributed by atoms with van der Waals surface area (Å²) in [6, 6.07) is 10.1. The molecule has 124 valence electrons. The lowest BCUT2D eigenvalue weighted by Crippen LogP contribution is -2.39. The van der Waals surface area contributed by atoms with Crippen LogP contribution in [0.4, 0.5) is 0 Å². The van der Waals surface area contributed by atoms with E-state index < -0.39 is 10.0 Å². The molecule has 0 saturated carbocycles. The van der Waals surface area contributed by atoms with Gasteiger partial charge in [-0.15, -0.1) is 11.3 Å². The Labute approximate surface area is 142 Å². The van der Waals surface area contributed by atoms with Crippen LogP contribution in [0.25, 0.3) is 0 Å². The summed E-state index contributed by atoms with van der Waals surface area (Å²) < 4.78 is 26.6. The van der Waals surface area contributed by atoms with E-state index >= 15 is 0 Å². The second-order valence-electron chi connectivity index (χ2n) is 5.95. The van der Waals surface area contributed by atoms with E-state index in [0.717, 1.165) is 24.3 Å². The number of rotatable bonds is 6. The van der Waals surface area contributed by atoms with Crippen molar-refractivity contribution in [3.05, 3.63) is 52.5 Å². The summed E-state index contributed by atoms with van der Waals surface area (Å²) in [5, 5.41) is 3.13. The van der Waals surface area contributed by atoms with Crippen molar-refractivity contribution in [1.82, 2.24) is 9.29 Å². The van der Waals surface area contributed by atoms with Crippen LogP contribution in [0, 0.1) is 0 Å². The Bertz CT molecular complexity index is 691. The molecule has 0 aliphatic carbocycles. The van der Waals surface area contributed by atoms with E-state index in [1.165, 1.54) is 5.56 Å². The second-order valence-corrected chi connectivity index (χ2v) is 8.96. The van der Waals surface area contributed by atoms with Gasteiger partial charge in [0, 0.05) is 30.6 Å². The maximum absolute atomic E-state index is 12.5. The number of piperidine rings is 1. The standard InChI is InChI=1S/C17H22N2O2S2/c20-23(21,14-4-7-15-5-2-1-3-6-15)19-11-8-16(9-12-19)17-18-10-13-22-17/h1-3,5-6,10,13,16H,4,7-9,11-12,14H2. The third-order valence-corrected chi connectivity index (χ3v) is 7.25. The number of benzene rings is 1. The fourth-order valence-corrected chi connectivity index (χ4v) is 5.39.